The van der Waals surface area contributed by atoms with E-state index >= 15 is 0 Å². The van der Waals surface area contributed by atoms with Crippen molar-refractivity contribution in [1.82, 2.24) is 9.97 Å². The molecule has 2 rings (SSSR count). The summed E-state index contributed by atoms with van der Waals surface area (Å²) in [7, 11) is 0. The van der Waals surface area contributed by atoms with Crippen molar-refractivity contribution in [1.29, 1.82) is 0 Å². The molecule has 3 nitrogen and oxygen atoms in total. The first-order chi connectivity index (χ1) is 7.18. The highest BCUT2D eigenvalue weighted by molar-refractivity contribution is 5.65. The fourth-order valence-corrected chi connectivity index (χ4v) is 1.22. The van der Waals surface area contributed by atoms with E-state index in [1.165, 1.54) is 18.7 Å². The molecule has 0 fully saturated rings. The molecule has 76 valence electrons. The summed E-state index contributed by atoms with van der Waals surface area (Å²) in [6.45, 7) is 0. The number of nitrogens with zero attached hydrogens (tertiary/aromatic N) is 2. The summed E-state index contributed by atoms with van der Waals surface area (Å²) in [5, 5.41) is 0. The van der Waals surface area contributed by atoms with Crippen LogP contribution in [0.5, 0.6) is 0 Å². The third-order valence-electron chi connectivity index (χ3n) is 1.96. The molecule has 15 heavy (non-hydrogen) atoms. The minimum absolute atomic E-state index is 0.0994. The van der Waals surface area contributed by atoms with Crippen LogP contribution in [0.1, 0.15) is 0 Å². The zero-order valence-electron chi connectivity index (χ0n) is 7.61. The van der Waals surface area contributed by atoms with Gasteiger partial charge >= 0.3 is 0 Å². The average Bonchev–Trinajstić information content (AvgIpc) is 2.25. The summed E-state index contributed by atoms with van der Waals surface area (Å²) >= 11 is 0. The summed E-state index contributed by atoms with van der Waals surface area (Å²) in [6, 6.07) is 1.97. The molecule has 0 aliphatic heterocycles. The zero-order chi connectivity index (χ0) is 10.8. The van der Waals surface area contributed by atoms with Gasteiger partial charge in [-0.05, 0) is 6.07 Å². The summed E-state index contributed by atoms with van der Waals surface area (Å²) in [4.78, 5) is 7.45. The standard InChI is InChI=1S/C10H7F2N3/c11-8-2-10(13)9(12)1-7(8)6-3-14-5-15-4-6/h1-5H,13H2. The first kappa shape index (κ1) is 9.51. The third-order valence-corrected chi connectivity index (χ3v) is 1.96. The van der Waals surface area contributed by atoms with E-state index in [0.29, 0.717) is 5.56 Å². The monoisotopic (exact) mass is 207 g/mol. The molecular formula is C10H7F2N3. The Morgan fingerprint density at radius 1 is 1.00 bits per heavy atom. The Balaban J connectivity index is 2.59. The van der Waals surface area contributed by atoms with Gasteiger partial charge in [-0.2, -0.15) is 0 Å². The average molecular weight is 207 g/mol. The number of nitrogen functional groups attached to an aromatic ring is 1. The molecular weight excluding hydrogens is 200 g/mol. The Hall–Kier alpha value is -2.04. The van der Waals surface area contributed by atoms with Gasteiger partial charge in [-0.1, -0.05) is 0 Å². The summed E-state index contributed by atoms with van der Waals surface area (Å²) in [5.41, 5.74) is 5.52. The summed E-state index contributed by atoms with van der Waals surface area (Å²) in [5.74, 6) is -1.25. The van der Waals surface area contributed by atoms with Crippen molar-refractivity contribution in [2.45, 2.75) is 0 Å². The topological polar surface area (TPSA) is 51.8 Å². The molecule has 2 aromatic rings. The number of rotatable bonds is 1. The Morgan fingerprint density at radius 3 is 2.33 bits per heavy atom. The van der Waals surface area contributed by atoms with Gasteiger partial charge in [0.05, 0.1) is 5.69 Å². The lowest BCUT2D eigenvalue weighted by Crippen LogP contribution is -1.95. The van der Waals surface area contributed by atoms with Crippen LogP contribution in [-0.2, 0) is 0 Å². The predicted molar refractivity (Wildman–Crippen MR) is 51.8 cm³/mol. The lowest BCUT2D eigenvalue weighted by atomic mass is 10.1. The number of nitrogens with two attached hydrogens (primary N) is 1. The molecule has 0 radical (unpaired) electrons. The molecule has 0 unspecified atom stereocenters. The number of aromatic nitrogens is 2. The van der Waals surface area contributed by atoms with Crippen LogP contribution < -0.4 is 5.73 Å². The van der Waals surface area contributed by atoms with E-state index in [-0.39, 0.29) is 11.3 Å². The predicted octanol–water partition coefficient (Wildman–Crippen LogP) is 2.00. The van der Waals surface area contributed by atoms with Crippen molar-refractivity contribution < 1.29 is 8.78 Å². The van der Waals surface area contributed by atoms with Gasteiger partial charge in [-0.3, -0.25) is 0 Å². The molecule has 0 saturated carbocycles. The third kappa shape index (κ3) is 1.76. The molecule has 0 atom stereocenters. The fourth-order valence-electron chi connectivity index (χ4n) is 1.22. The number of anilines is 1. The SMILES string of the molecule is Nc1cc(F)c(-c2cncnc2)cc1F. The molecule has 0 spiro atoms. The lowest BCUT2D eigenvalue weighted by Gasteiger charge is -2.04. The van der Waals surface area contributed by atoms with Crippen molar-refractivity contribution >= 4 is 5.69 Å². The maximum absolute atomic E-state index is 13.4. The highest BCUT2D eigenvalue weighted by Gasteiger charge is 2.09. The van der Waals surface area contributed by atoms with Crippen molar-refractivity contribution in [2.24, 2.45) is 0 Å². The van der Waals surface area contributed by atoms with Gasteiger partial charge in [-0.25, -0.2) is 18.7 Å². The van der Waals surface area contributed by atoms with Crippen LogP contribution >= 0.6 is 0 Å². The first-order valence-electron chi connectivity index (χ1n) is 4.18. The van der Waals surface area contributed by atoms with Gasteiger partial charge in [0, 0.05) is 29.6 Å². The Labute approximate surface area is 84.6 Å². The maximum Gasteiger partial charge on any atom is 0.146 e. The first-order valence-corrected chi connectivity index (χ1v) is 4.18. The smallest absolute Gasteiger partial charge is 0.146 e. The molecule has 5 heteroatoms. The van der Waals surface area contributed by atoms with Crippen molar-refractivity contribution in [3.8, 4) is 11.1 Å². The van der Waals surface area contributed by atoms with Gasteiger partial charge in [0.15, 0.2) is 0 Å². The second-order valence-electron chi connectivity index (χ2n) is 2.98. The lowest BCUT2D eigenvalue weighted by molar-refractivity contribution is 0.607. The molecule has 0 aliphatic rings. The zero-order valence-corrected chi connectivity index (χ0v) is 7.61. The molecule has 1 aromatic carbocycles. The minimum atomic E-state index is -0.657. The normalized spacial score (nSPS) is 10.3. The van der Waals surface area contributed by atoms with E-state index in [9.17, 15) is 8.78 Å². The van der Waals surface area contributed by atoms with E-state index in [1.807, 2.05) is 0 Å². The molecule has 1 heterocycles. The van der Waals surface area contributed by atoms with Gasteiger partial charge in [0.2, 0.25) is 0 Å². The quantitative estimate of drug-likeness (QED) is 0.727. The molecule has 2 N–H and O–H groups in total. The van der Waals surface area contributed by atoms with Crippen molar-refractivity contribution in [2.75, 3.05) is 5.73 Å². The van der Waals surface area contributed by atoms with Crippen LogP contribution in [0.2, 0.25) is 0 Å². The van der Waals surface area contributed by atoms with Gasteiger partial charge < -0.3 is 5.73 Å². The summed E-state index contributed by atoms with van der Waals surface area (Å²) in [6.07, 6.45) is 4.12. The number of hydrogen-bond donors (Lipinski definition) is 1. The van der Waals surface area contributed by atoms with E-state index in [2.05, 4.69) is 9.97 Å². The van der Waals surface area contributed by atoms with Crippen LogP contribution in [0.4, 0.5) is 14.5 Å². The summed E-state index contributed by atoms with van der Waals surface area (Å²) < 4.78 is 26.5. The molecule has 0 aliphatic carbocycles. The van der Waals surface area contributed by atoms with E-state index in [0.717, 1.165) is 12.1 Å². The molecule has 0 saturated heterocycles. The number of hydrogen-bond acceptors (Lipinski definition) is 3. The highest BCUT2D eigenvalue weighted by Crippen LogP contribution is 2.25. The van der Waals surface area contributed by atoms with E-state index in [4.69, 9.17) is 5.73 Å². The molecule has 0 bridgehead atoms. The maximum atomic E-state index is 13.4. The second kappa shape index (κ2) is 3.61. The number of halogens is 2. The number of benzene rings is 1. The minimum Gasteiger partial charge on any atom is -0.396 e. The van der Waals surface area contributed by atoms with Crippen LogP contribution in [0.3, 0.4) is 0 Å². The second-order valence-corrected chi connectivity index (χ2v) is 2.98. The Morgan fingerprint density at radius 2 is 1.67 bits per heavy atom. The van der Waals surface area contributed by atoms with Gasteiger partial charge in [0.1, 0.15) is 18.0 Å². The van der Waals surface area contributed by atoms with Crippen LogP contribution in [0, 0.1) is 11.6 Å². The van der Waals surface area contributed by atoms with Crippen molar-refractivity contribution in [3.63, 3.8) is 0 Å². The van der Waals surface area contributed by atoms with Gasteiger partial charge in [0.25, 0.3) is 0 Å². The van der Waals surface area contributed by atoms with Crippen LogP contribution in [0.15, 0.2) is 30.9 Å². The largest absolute Gasteiger partial charge is 0.396 e. The molecule has 1 aromatic heterocycles. The Bertz CT molecular complexity index is 486. The highest BCUT2D eigenvalue weighted by atomic mass is 19.1. The Kier molecular flexibility index (Phi) is 2.29. The van der Waals surface area contributed by atoms with Crippen LogP contribution in [0.25, 0.3) is 11.1 Å². The van der Waals surface area contributed by atoms with E-state index in [1.54, 1.807) is 0 Å². The van der Waals surface area contributed by atoms with E-state index < -0.39 is 11.6 Å². The van der Waals surface area contributed by atoms with Crippen LogP contribution in [-0.4, -0.2) is 9.97 Å². The van der Waals surface area contributed by atoms with Crippen molar-refractivity contribution in [3.05, 3.63) is 42.5 Å². The molecule has 0 amide bonds. The fraction of sp³-hybridized carbons (Fsp3) is 0. The van der Waals surface area contributed by atoms with Gasteiger partial charge in [-0.15, -0.1) is 0 Å².